The van der Waals surface area contributed by atoms with Crippen molar-refractivity contribution in [3.05, 3.63) is 41.4 Å². The standard InChI is InChI=1S/C9H7ClN4O/c10-8-3-6(14-5-12-4-13-14)1-2-7(8)9(11)15/h1-5H,(H2,11,15). The SMILES string of the molecule is NC(=O)c1ccc(-n2cncn2)cc1Cl. The van der Waals surface area contributed by atoms with Crippen molar-refractivity contribution in [3.63, 3.8) is 0 Å². The van der Waals surface area contributed by atoms with Gasteiger partial charge in [0.1, 0.15) is 12.7 Å². The fraction of sp³-hybridized carbons (Fsp3) is 0. The number of hydrogen-bond acceptors (Lipinski definition) is 3. The van der Waals surface area contributed by atoms with Gasteiger partial charge in [-0.05, 0) is 18.2 Å². The van der Waals surface area contributed by atoms with Gasteiger partial charge in [0.25, 0.3) is 0 Å². The van der Waals surface area contributed by atoms with Gasteiger partial charge in [-0.1, -0.05) is 11.6 Å². The van der Waals surface area contributed by atoms with Crippen LogP contribution in [0.1, 0.15) is 10.4 Å². The highest BCUT2D eigenvalue weighted by Crippen LogP contribution is 2.19. The van der Waals surface area contributed by atoms with Gasteiger partial charge in [0.05, 0.1) is 16.3 Å². The number of rotatable bonds is 2. The monoisotopic (exact) mass is 222 g/mol. The lowest BCUT2D eigenvalue weighted by atomic mass is 10.2. The number of nitrogens with two attached hydrogens (primary N) is 1. The van der Waals surface area contributed by atoms with Crippen LogP contribution in [-0.4, -0.2) is 20.7 Å². The molecule has 0 aliphatic carbocycles. The molecule has 2 rings (SSSR count). The lowest BCUT2D eigenvalue weighted by molar-refractivity contribution is 0.100. The van der Waals surface area contributed by atoms with E-state index in [9.17, 15) is 4.79 Å². The van der Waals surface area contributed by atoms with E-state index in [0.717, 1.165) is 5.69 Å². The molecule has 0 radical (unpaired) electrons. The summed E-state index contributed by atoms with van der Waals surface area (Å²) >= 11 is 5.88. The molecule has 76 valence electrons. The molecule has 0 fully saturated rings. The maximum atomic E-state index is 10.9. The van der Waals surface area contributed by atoms with Crippen molar-refractivity contribution < 1.29 is 4.79 Å². The molecule has 1 aromatic heterocycles. The highest BCUT2D eigenvalue weighted by atomic mass is 35.5. The van der Waals surface area contributed by atoms with Gasteiger partial charge >= 0.3 is 0 Å². The van der Waals surface area contributed by atoms with Crippen LogP contribution < -0.4 is 5.73 Å². The average Bonchev–Trinajstić information content (AvgIpc) is 2.69. The summed E-state index contributed by atoms with van der Waals surface area (Å²) in [5, 5.41) is 4.23. The maximum Gasteiger partial charge on any atom is 0.250 e. The Balaban J connectivity index is 2.47. The smallest absolute Gasteiger partial charge is 0.250 e. The van der Waals surface area contributed by atoms with Crippen LogP contribution in [0.2, 0.25) is 5.02 Å². The van der Waals surface area contributed by atoms with E-state index >= 15 is 0 Å². The van der Waals surface area contributed by atoms with Crippen molar-refractivity contribution in [1.82, 2.24) is 14.8 Å². The van der Waals surface area contributed by atoms with E-state index in [1.807, 2.05) is 0 Å². The van der Waals surface area contributed by atoms with Crippen LogP contribution in [0.25, 0.3) is 5.69 Å². The summed E-state index contributed by atoms with van der Waals surface area (Å²) in [6.07, 6.45) is 2.95. The molecule has 2 aromatic rings. The first-order chi connectivity index (χ1) is 7.18. The van der Waals surface area contributed by atoms with Crippen molar-refractivity contribution in [2.24, 2.45) is 5.73 Å². The molecular weight excluding hydrogens is 216 g/mol. The molecule has 0 unspecified atom stereocenters. The van der Waals surface area contributed by atoms with Crippen LogP contribution >= 0.6 is 11.6 Å². The molecule has 0 aliphatic heterocycles. The zero-order chi connectivity index (χ0) is 10.8. The summed E-state index contributed by atoms with van der Waals surface area (Å²) in [6, 6.07) is 4.86. The number of amides is 1. The van der Waals surface area contributed by atoms with E-state index in [-0.39, 0.29) is 0 Å². The van der Waals surface area contributed by atoms with Crippen LogP contribution in [-0.2, 0) is 0 Å². The summed E-state index contributed by atoms with van der Waals surface area (Å²) in [5.41, 5.74) is 6.14. The van der Waals surface area contributed by atoms with Crippen molar-refractivity contribution in [1.29, 1.82) is 0 Å². The van der Waals surface area contributed by atoms with Crippen LogP contribution in [0.4, 0.5) is 0 Å². The molecule has 15 heavy (non-hydrogen) atoms. The minimum absolute atomic E-state index is 0.292. The summed E-state index contributed by atoms with van der Waals surface area (Å²) in [4.78, 5) is 14.7. The Morgan fingerprint density at radius 3 is 2.80 bits per heavy atom. The predicted octanol–water partition coefficient (Wildman–Crippen LogP) is 1.02. The quantitative estimate of drug-likeness (QED) is 0.825. The second kappa shape index (κ2) is 3.70. The van der Waals surface area contributed by atoms with E-state index < -0.39 is 5.91 Å². The highest BCUT2D eigenvalue weighted by Gasteiger charge is 2.07. The Hall–Kier alpha value is -1.88. The number of primary amides is 1. The van der Waals surface area contributed by atoms with Crippen molar-refractivity contribution in [3.8, 4) is 5.69 Å². The molecule has 0 bridgehead atoms. The predicted molar refractivity (Wildman–Crippen MR) is 54.9 cm³/mol. The lowest BCUT2D eigenvalue weighted by Gasteiger charge is -2.03. The molecule has 0 spiro atoms. The molecular formula is C9H7ClN4O. The van der Waals surface area contributed by atoms with Gasteiger partial charge < -0.3 is 5.73 Å². The number of carbonyl (C=O) groups is 1. The van der Waals surface area contributed by atoms with Crippen LogP contribution in [0.15, 0.2) is 30.9 Å². The van der Waals surface area contributed by atoms with Gasteiger partial charge in [-0.2, -0.15) is 5.10 Å². The summed E-state index contributed by atoms with van der Waals surface area (Å²) in [7, 11) is 0. The summed E-state index contributed by atoms with van der Waals surface area (Å²) in [5.74, 6) is -0.551. The largest absolute Gasteiger partial charge is 0.366 e. The van der Waals surface area contributed by atoms with E-state index in [2.05, 4.69) is 10.1 Å². The van der Waals surface area contributed by atoms with E-state index in [4.69, 9.17) is 17.3 Å². The molecule has 0 saturated carbocycles. The number of hydrogen-bond donors (Lipinski definition) is 1. The number of nitrogens with zero attached hydrogens (tertiary/aromatic N) is 3. The first kappa shape index (κ1) is 9.67. The zero-order valence-electron chi connectivity index (χ0n) is 7.59. The van der Waals surface area contributed by atoms with Crippen LogP contribution in [0.3, 0.4) is 0 Å². The number of carbonyl (C=O) groups excluding carboxylic acids is 1. The van der Waals surface area contributed by atoms with E-state index in [1.54, 1.807) is 18.2 Å². The van der Waals surface area contributed by atoms with E-state index in [0.29, 0.717) is 10.6 Å². The van der Waals surface area contributed by atoms with Gasteiger partial charge in [-0.15, -0.1) is 0 Å². The molecule has 0 saturated heterocycles. The molecule has 1 heterocycles. The molecule has 6 heteroatoms. The third-order valence-corrected chi connectivity index (χ3v) is 2.21. The number of halogens is 1. The van der Waals surface area contributed by atoms with Gasteiger partial charge in [0.15, 0.2) is 0 Å². The Kier molecular flexibility index (Phi) is 2.39. The van der Waals surface area contributed by atoms with Gasteiger partial charge in [-0.3, -0.25) is 4.79 Å². The second-order valence-corrected chi connectivity index (χ2v) is 3.28. The fourth-order valence-corrected chi connectivity index (χ4v) is 1.46. The number of benzene rings is 1. The summed E-state index contributed by atoms with van der Waals surface area (Å²) < 4.78 is 1.54. The minimum atomic E-state index is -0.551. The van der Waals surface area contributed by atoms with Crippen LogP contribution in [0, 0.1) is 0 Å². The fourth-order valence-electron chi connectivity index (χ4n) is 1.19. The first-order valence-corrected chi connectivity index (χ1v) is 4.50. The third-order valence-electron chi connectivity index (χ3n) is 1.90. The van der Waals surface area contributed by atoms with Gasteiger partial charge in [0, 0.05) is 0 Å². The molecule has 1 amide bonds. The molecule has 0 atom stereocenters. The minimum Gasteiger partial charge on any atom is -0.366 e. The van der Waals surface area contributed by atoms with Crippen molar-refractivity contribution in [2.75, 3.05) is 0 Å². The van der Waals surface area contributed by atoms with E-state index in [1.165, 1.54) is 17.3 Å². The highest BCUT2D eigenvalue weighted by molar-refractivity contribution is 6.33. The normalized spacial score (nSPS) is 10.2. The Bertz CT molecular complexity index is 495. The third kappa shape index (κ3) is 1.82. The van der Waals surface area contributed by atoms with Gasteiger partial charge in [0.2, 0.25) is 5.91 Å². The second-order valence-electron chi connectivity index (χ2n) is 2.87. The molecule has 1 aromatic carbocycles. The Morgan fingerprint density at radius 1 is 1.47 bits per heavy atom. The Morgan fingerprint density at radius 2 is 2.27 bits per heavy atom. The summed E-state index contributed by atoms with van der Waals surface area (Å²) in [6.45, 7) is 0. The van der Waals surface area contributed by atoms with Gasteiger partial charge in [-0.25, -0.2) is 9.67 Å². The van der Waals surface area contributed by atoms with Crippen molar-refractivity contribution in [2.45, 2.75) is 0 Å². The average molecular weight is 223 g/mol. The van der Waals surface area contributed by atoms with Crippen LogP contribution in [0.5, 0.6) is 0 Å². The Labute approximate surface area is 90.5 Å². The topological polar surface area (TPSA) is 73.8 Å². The molecule has 2 N–H and O–H groups in total. The lowest BCUT2D eigenvalue weighted by Crippen LogP contribution is -2.11. The van der Waals surface area contributed by atoms with Crippen molar-refractivity contribution >= 4 is 17.5 Å². The first-order valence-electron chi connectivity index (χ1n) is 4.13. The molecule has 5 nitrogen and oxygen atoms in total. The number of aromatic nitrogens is 3. The maximum absolute atomic E-state index is 10.9. The zero-order valence-corrected chi connectivity index (χ0v) is 8.35. The molecule has 0 aliphatic rings.